The number of ether oxygens (including phenoxy) is 2. The van der Waals surface area contributed by atoms with Crippen LogP contribution in [0.3, 0.4) is 0 Å². The Balaban J connectivity index is 3.28. The third-order valence-corrected chi connectivity index (χ3v) is 2.37. The van der Waals surface area contributed by atoms with Crippen LogP contribution in [0.2, 0.25) is 0 Å². The minimum absolute atomic E-state index is 0.635. The van der Waals surface area contributed by atoms with E-state index in [1.807, 2.05) is 0 Å². The normalized spacial score (nSPS) is 27.3. The van der Waals surface area contributed by atoms with Gasteiger partial charge in [-0.2, -0.15) is 26.3 Å². The van der Waals surface area contributed by atoms with Crippen molar-refractivity contribution in [2.75, 3.05) is 0 Å². The van der Waals surface area contributed by atoms with E-state index in [0.717, 1.165) is 6.92 Å². The molecule has 0 radical (unpaired) electrons. The van der Waals surface area contributed by atoms with Crippen molar-refractivity contribution < 1.29 is 45.4 Å². The van der Waals surface area contributed by atoms with Crippen LogP contribution >= 0.6 is 0 Å². The van der Waals surface area contributed by atoms with Gasteiger partial charge in [0.15, 0.2) is 5.60 Å². The topological polar surface area (TPSA) is 52.6 Å². The van der Waals surface area contributed by atoms with Crippen molar-refractivity contribution >= 4 is 11.8 Å². The highest BCUT2D eigenvalue weighted by molar-refractivity contribution is 5.88. The summed E-state index contributed by atoms with van der Waals surface area (Å²) in [6, 6.07) is 0. The summed E-state index contributed by atoms with van der Waals surface area (Å²) in [5, 5.41) is 0. The molecule has 0 aromatic heterocycles. The SMILES string of the molecule is CC(=O)CC1(C)OC(C(F)(F)F)(C(F)(F)F)OC1=O. The van der Waals surface area contributed by atoms with Gasteiger partial charge in [-0.3, -0.25) is 4.79 Å². The van der Waals surface area contributed by atoms with Crippen LogP contribution in [-0.2, 0) is 19.1 Å². The van der Waals surface area contributed by atoms with E-state index in [-0.39, 0.29) is 0 Å². The summed E-state index contributed by atoms with van der Waals surface area (Å²) in [4.78, 5) is 22.1. The zero-order chi connectivity index (χ0) is 15.3. The minimum atomic E-state index is -6.02. The molecule has 1 rings (SSSR count). The number of halogens is 6. The molecule has 1 aliphatic heterocycles. The summed E-state index contributed by atoms with van der Waals surface area (Å²) < 4.78 is 82.6. The first-order valence-electron chi connectivity index (χ1n) is 4.82. The molecule has 4 nitrogen and oxygen atoms in total. The number of cyclic esters (lactones) is 1. The van der Waals surface area contributed by atoms with E-state index in [0.29, 0.717) is 6.92 Å². The maximum Gasteiger partial charge on any atom is 0.465 e. The van der Waals surface area contributed by atoms with Gasteiger partial charge in [-0.1, -0.05) is 0 Å². The molecule has 0 spiro atoms. The van der Waals surface area contributed by atoms with Gasteiger partial charge in [-0.25, -0.2) is 4.79 Å². The van der Waals surface area contributed by atoms with Gasteiger partial charge in [0.25, 0.3) is 0 Å². The Bertz CT molecular complexity index is 398. The summed E-state index contributed by atoms with van der Waals surface area (Å²) in [7, 11) is 0. The Morgan fingerprint density at radius 2 is 1.58 bits per heavy atom. The van der Waals surface area contributed by atoms with Crippen molar-refractivity contribution in [1.29, 1.82) is 0 Å². The van der Waals surface area contributed by atoms with Crippen LogP contribution < -0.4 is 0 Å². The molecule has 0 aromatic rings. The lowest BCUT2D eigenvalue weighted by molar-refractivity contribution is -0.444. The lowest BCUT2D eigenvalue weighted by atomic mass is 10.0. The molecule has 0 N–H and O–H groups in total. The fourth-order valence-corrected chi connectivity index (χ4v) is 1.59. The number of carbonyl (C=O) groups is 2. The van der Waals surface area contributed by atoms with E-state index < -0.39 is 41.9 Å². The molecule has 1 saturated heterocycles. The summed E-state index contributed by atoms with van der Waals surface area (Å²) in [5.41, 5.74) is -2.63. The number of rotatable bonds is 2. The fourth-order valence-electron chi connectivity index (χ4n) is 1.59. The summed E-state index contributed by atoms with van der Waals surface area (Å²) in [5.74, 6) is -7.75. The molecule has 19 heavy (non-hydrogen) atoms. The molecule has 0 amide bonds. The molecule has 1 aliphatic rings. The van der Waals surface area contributed by atoms with Gasteiger partial charge in [0.05, 0.1) is 0 Å². The molecular weight excluding hydrogens is 286 g/mol. The molecule has 1 fully saturated rings. The lowest BCUT2D eigenvalue weighted by Crippen LogP contribution is -2.58. The van der Waals surface area contributed by atoms with E-state index in [9.17, 15) is 35.9 Å². The number of carbonyl (C=O) groups excluding carboxylic acids is 2. The highest BCUT2D eigenvalue weighted by atomic mass is 19.4. The third kappa shape index (κ3) is 2.40. The molecule has 0 aliphatic carbocycles. The number of alkyl halides is 6. The first kappa shape index (κ1) is 15.7. The van der Waals surface area contributed by atoms with Crippen LogP contribution in [0, 0.1) is 0 Å². The highest BCUT2D eigenvalue weighted by Gasteiger charge is 2.82. The maximum absolute atomic E-state index is 12.6. The van der Waals surface area contributed by atoms with Crippen molar-refractivity contribution in [3.8, 4) is 0 Å². The smallest absolute Gasteiger partial charge is 0.414 e. The second-order valence-electron chi connectivity index (χ2n) is 4.21. The number of esters is 1. The van der Waals surface area contributed by atoms with E-state index >= 15 is 0 Å². The van der Waals surface area contributed by atoms with Crippen LogP contribution in [0.15, 0.2) is 0 Å². The summed E-state index contributed by atoms with van der Waals surface area (Å²) >= 11 is 0. The molecule has 0 bridgehead atoms. The Morgan fingerprint density at radius 3 is 1.84 bits per heavy atom. The molecule has 0 aromatic carbocycles. The van der Waals surface area contributed by atoms with Gasteiger partial charge < -0.3 is 9.47 Å². The van der Waals surface area contributed by atoms with E-state index in [2.05, 4.69) is 9.47 Å². The second kappa shape index (κ2) is 4.09. The van der Waals surface area contributed by atoms with Crippen LogP contribution in [0.25, 0.3) is 0 Å². The Kier molecular flexibility index (Phi) is 3.38. The van der Waals surface area contributed by atoms with E-state index in [1.165, 1.54) is 0 Å². The number of hydrogen-bond acceptors (Lipinski definition) is 4. The average molecular weight is 294 g/mol. The standard InChI is InChI=1S/C9H8F6O4/c1-4(16)3-6(2)5(17)18-7(19-6,8(10,11)12)9(13,14)15/h3H2,1-2H3. The first-order valence-corrected chi connectivity index (χ1v) is 4.82. The predicted octanol–water partition coefficient (Wildman–Crippen LogP) is 2.12. The quantitative estimate of drug-likeness (QED) is 0.578. The van der Waals surface area contributed by atoms with Gasteiger partial charge in [-0.15, -0.1) is 0 Å². The fraction of sp³-hybridized carbons (Fsp3) is 0.778. The van der Waals surface area contributed by atoms with E-state index in [1.54, 1.807) is 0 Å². The zero-order valence-corrected chi connectivity index (χ0v) is 9.61. The average Bonchev–Trinajstić information content (AvgIpc) is 2.36. The number of Topliss-reactive ketones (excluding diaryl/α,β-unsaturated/α-hetero) is 1. The largest absolute Gasteiger partial charge is 0.465 e. The van der Waals surface area contributed by atoms with Crippen molar-refractivity contribution in [2.24, 2.45) is 0 Å². The highest BCUT2D eigenvalue weighted by Crippen LogP contribution is 2.53. The van der Waals surface area contributed by atoms with Gasteiger partial charge >= 0.3 is 24.1 Å². The lowest BCUT2D eigenvalue weighted by Gasteiger charge is -2.31. The van der Waals surface area contributed by atoms with Gasteiger partial charge in [-0.05, 0) is 13.8 Å². The van der Waals surface area contributed by atoms with Crippen molar-refractivity contribution in [1.82, 2.24) is 0 Å². The molecule has 110 valence electrons. The van der Waals surface area contributed by atoms with Crippen molar-refractivity contribution in [2.45, 2.75) is 44.0 Å². The van der Waals surface area contributed by atoms with Crippen LogP contribution in [0.1, 0.15) is 20.3 Å². The molecular formula is C9H8F6O4. The minimum Gasteiger partial charge on any atom is -0.414 e. The second-order valence-corrected chi connectivity index (χ2v) is 4.21. The number of hydrogen-bond donors (Lipinski definition) is 0. The van der Waals surface area contributed by atoms with Gasteiger partial charge in [0.2, 0.25) is 0 Å². The van der Waals surface area contributed by atoms with Crippen LogP contribution in [0.4, 0.5) is 26.3 Å². The van der Waals surface area contributed by atoms with Gasteiger partial charge in [0, 0.05) is 6.42 Å². The zero-order valence-electron chi connectivity index (χ0n) is 9.61. The van der Waals surface area contributed by atoms with Crippen molar-refractivity contribution in [3.63, 3.8) is 0 Å². The molecule has 1 atom stereocenters. The van der Waals surface area contributed by atoms with Crippen molar-refractivity contribution in [3.05, 3.63) is 0 Å². The molecule has 0 saturated carbocycles. The summed E-state index contributed by atoms with van der Waals surface area (Å²) in [6.07, 6.45) is -13.0. The summed E-state index contributed by atoms with van der Waals surface area (Å²) in [6.45, 7) is 1.53. The maximum atomic E-state index is 12.6. The predicted molar refractivity (Wildman–Crippen MR) is 45.7 cm³/mol. The van der Waals surface area contributed by atoms with E-state index in [4.69, 9.17) is 0 Å². The molecule has 1 heterocycles. The molecule has 1 unspecified atom stereocenters. The number of ketones is 1. The van der Waals surface area contributed by atoms with Crippen LogP contribution in [0.5, 0.6) is 0 Å². The monoisotopic (exact) mass is 294 g/mol. The van der Waals surface area contributed by atoms with Gasteiger partial charge in [0.1, 0.15) is 5.78 Å². The Labute approximate surface area is 102 Å². The third-order valence-electron chi connectivity index (χ3n) is 2.37. The Morgan fingerprint density at radius 1 is 1.16 bits per heavy atom. The Hall–Kier alpha value is -1.32. The van der Waals surface area contributed by atoms with Crippen LogP contribution in [-0.4, -0.2) is 35.5 Å². The first-order chi connectivity index (χ1) is 8.25. The molecule has 10 heteroatoms.